The summed E-state index contributed by atoms with van der Waals surface area (Å²) in [5.41, 5.74) is 0. The third-order valence-electron chi connectivity index (χ3n) is 4.06. The Morgan fingerprint density at radius 3 is 2.54 bits per heavy atom. The third kappa shape index (κ3) is 3.70. The van der Waals surface area contributed by atoms with Crippen molar-refractivity contribution >= 4 is 15.7 Å². The van der Waals surface area contributed by atoms with Crippen molar-refractivity contribution in [3.05, 3.63) is 42.4 Å². The minimum atomic E-state index is -3.82. The monoisotopic (exact) mass is 379 g/mol. The smallest absolute Gasteiger partial charge is 0.222 e. The summed E-state index contributed by atoms with van der Waals surface area (Å²) in [6.07, 6.45) is 1.41. The molecule has 0 spiro atoms. The molecule has 1 aromatic carbocycles. The van der Waals surface area contributed by atoms with E-state index in [-0.39, 0.29) is 29.0 Å². The van der Waals surface area contributed by atoms with E-state index < -0.39 is 15.1 Å². The van der Waals surface area contributed by atoms with Gasteiger partial charge in [0, 0.05) is 18.5 Å². The number of hydrogen-bond acceptors (Lipinski definition) is 6. The Balaban J connectivity index is 1.93. The molecule has 2 aromatic rings. The van der Waals surface area contributed by atoms with Gasteiger partial charge in [-0.1, -0.05) is 13.8 Å². The molecule has 140 valence electrons. The number of amides is 1. The number of fused-ring (bicyclic) bond motifs is 1. The highest BCUT2D eigenvalue weighted by Gasteiger charge is 2.33. The topological polar surface area (TPSA) is 94.8 Å². The van der Waals surface area contributed by atoms with Crippen molar-refractivity contribution in [2.75, 3.05) is 19.8 Å². The molecular weight excluding hydrogens is 358 g/mol. The second-order valence-electron chi connectivity index (χ2n) is 6.25. The highest BCUT2D eigenvalue weighted by atomic mass is 32.2. The van der Waals surface area contributed by atoms with Gasteiger partial charge in [0.15, 0.2) is 21.3 Å². The summed E-state index contributed by atoms with van der Waals surface area (Å²) >= 11 is 0. The molecule has 0 aliphatic carbocycles. The third-order valence-corrected chi connectivity index (χ3v) is 6.12. The number of sulfone groups is 1. The molecule has 1 N–H and O–H groups in total. The maximum absolute atomic E-state index is 13.2. The van der Waals surface area contributed by atoms with Gasteiger partial charge in [-0.15, -0.1) is 0 Å². The van der Waals surface area contributed by atoms with E-state index in [9.17, 15) is 13.2 Å². The zero-order valence-electron chi connectivity index (χ0n) is 14.6. The fourth-order valence-corrected chi connectivity index (χ4v) is 4.20. The summed E-state index contributed by atoms with van der Waals surface area (Å²) in [5.74, 6) is 0.701. The molecule has 0 bridgehead atoms. The van der Waals surface area contributed by atoms with Gasteiger partial charge in [0.05, 0.1) is 11.2 Å². The normalized spacial score (nSPS) is 14.9. The Labute approximate surface area is 152 Å². The van der Waals surface area contributed by atoms with Crippen LogP contribution in [0.3, 0.4) is 0 Å². The average molecular weight is 379 g/mol. The van der Waals surface area contributed by atoms with Crippen molar-refractivity contribution in [2.24, 2.45) is 5.92 Å². The van der Waals surface area contributed by atoms with E-state index in [0.717, 1.165) is 0 Å². The summed E-state index contributed by atoms with van der Waals surface area (Å²) in [6.45, 7) is 4.19. The molecule has 26 heavy (non-hydrogen) atoms. The van der Waals surface area contributed by atoms with Crippen LogP contribution in [0.2, 0.25) is 0 Å². The van der Waals surface area contributed by atoms with E-state index in [4.69, 9.17) is 13.9 Å². The van der Waals surface area contributed by atoms with Crippen LogP contribution in [0.25, 0.3) is 0 Å². The Morgan fingerprint density at radius 2 is 1.88 bits per heavy atom. The first-order valence-electron chi connectivity index (χ1n) is 8.34. The van der Waals surface area contributed by atoms with Gasteiger partial charge in [-0.25, -0.2) is 8.42 Å². The summed E-state index contributed by atoms with van der Waals surface area (Å²) in [5, 5.41) is 1.64. The number of nitrogens with one attached hydrogen (secondary N) is 1. The van der Waals surface area contributed by atoms with E-state index in [1.54, 1.807) is 32.0 Å². The molecule has 0 radical (unpaired) electrons. The van der Waals surface area contributed by atoms with Gasteiger partial charge in [0.1, 0.15) is 24.2 Å². The zero-order chi connectivity index (χ0) is 18.7. The minimum Gasteiger partial charge on any atom is -0.486 e. The number of benzene rings is 1. The van der Waals surface area contributed by atoms with Crippen molar-refractivity contribution in [1.29, 1.82) is 0 Å². The van der Waals surface area contributed by atoms with Crippen molar-refractivity contribution in [3.63, 3.8) is 0 Å². The number of carbonyl (C=O) groups excluding carboxylic acids is 1. The van der Waals surface area contributed by atoms with Crippen LogP contribution in [0, 0.1) is 5.92 Å². The first-order chi connectivity index (χ1) is 12.4. The molecule has 7 nitrogen and oxygen atoms in total. The molecule has 1 aromatic heterocycles. The Morgan fingerprint density at radius 1 is 1.15 bits per heavy atom. The fraction of sp³-hybridized carbons (Fsp3) is 0.389. The van der Waals surface area contributed by atoms with E-state index >= 15 is 0 Å². The number of rotatable bonds is 6. The predicted molar refractivity (Wildman–Crippen MR) is 93.9 cm³/mol. The summed E-state index contributed by atoms with van der Waals surface area (Å²) in [4.78, 5) is 12.0. The van der Waals surface area contributed by atoms with Crippen LogP contribution in [0.1, 0.15) is 24.9 Å². The second kappa shape index (κ2) is 7.41. The first-order valence-corrected chi connectivity index (χ1v) is 9.89. The summed E-state index contributed by atoms with van der Waals surface area (Å²) in [7, 11) is -3.82. The van der Waals surface area contributed by atoms with Gasteiger partial charge in [-0.2, -0.15) is 0 Å². The van der Waals surface area contributed by atoms with Crippen LogP contribution in [-0.4, -0.2) is 34.1 Å². The highest BCUT2D eigenvalue weighted by Crippen LogP contribution is 2.36. The van der Waals surface area contributed by atoms with Crippen molar-refractivity contribution in [1.82, 2.24) is 5.32 Å². The SMILES string of the molecule is CC(C)C(=O)NC[C@H](c1ccco1)S(=O)(=O)c1ccc2c(c1)OCCO2. The zero-order valence-corrected chi connectivity index (χ0v) is 15.4. The van der Waals surface area contributed by atoms with Gasteiger partial charge in [-0.05, 0) is 24.3 Å². The quantitative estimate of drug-likeness (QED) is 0.828. The number of carbonyl (C=O) groups is 1. The van der Waals surface area contributed by atoms with Crippen LogP contribution in [0.5, 0.6) is 11.5 Å². The van der Waals surface area contributed by atoms with Crippen LogP contribution < -0.4 is 14.8 Å². The van der Waals surface area contributed by atoms with Crippen LogP contribution >= 0.6 is 0 Å². The van der Waals surface area contributed by atoms with Gasteiger partial charge in [0.25, 0.3) is 0 Å². The lowest BCUT2D eigenvalue weighted by Gasteiger charge is -2.21. The van der Waals surface area contributed by atoms with Crippen LogP contribution in [0.15, 0.2) is 45.9 Å². The van der Waals surface area contributed by atoms with Crippen LogP contribution in [0.4, 0.5) is 0 Å². The maximum Gasteiger partial charge on any atom is 0.222 e. The van der Waals surface area contributed by atoms with E-state index in [2.05, 4.69) is 5.32 Å². The average Bonchev–Trinajstić information content (AvgIpc) is 3.15. The minimum absolute atomic E-state index is 0.0820. The van der Waals surface area contributed by atoms with Gasteiger partial charge in [0.2, 0.25) is 5.91 Å². The molecule has 3 rings (SSSR count). The summed E-state index contributed by atoms with van der Waals surface area (Å²) < 4.78 is 42.6. The first kappa shape index (κ1) is 18.3. The number of hydrogen-bond donors (Lipinski definition) is 1. The van der Waals surface area contributed by atoms with Crippen LogP contribution in [-0.2, 0) is 14.6 Å². The Hall–Kier alpha value is -2.48. The largest absolute Gasteiger partial charge is 0.486 e. The van der Waals surface area contributed by atoms with Crippen molar-refractivity contribution in [2.45, 2.75) is 24.0 Å². The second-order valence-corrected chi connectivity index (χ2v) is 8.38. The molecule has 0 saturated heterocycles. The number of furan rings is 1. The molecule has 0 unspecified atom stereocenters. The molecular formula is C18H21NO6S. The molecule has 1 aliphatic heterocycles. The molecule has 1 amide bonds. The van der Waals surface area contributed by atoms with Gasteiger partial charge in [-0.3, -0.25) is 4.79 Å². The Bertz CT molecular complexity index is 873. The van der Waals surface area contributed by atoms with E-state index in [0.29, 0.717) is 24.7 Å². The lowest BCUT2D eigenvalue weighted by molar-refractivity contribution is -0.123. The lowest BCUT2D eigenvalue weighted by atomic mass is 10.2. The molecule has 8 heteroatoms. The summed E-state index contributed by atoms with van der Waals surface area (Å²) in [6, 6.07) is 7.70. The molecule has 1 aliphatic rings. The number of ether oxygens (including phenoxy) is 2. The van der Waals surface area contributed by atoms with Gasteiger partial charge < -0.3 is 19.2 Å². The molecule has 0 saturated carbocycles. The molecule has 2 heterocycles. The Kier molecular flexibility index (Phi) is 5.22. The highest BCUT2D eigenvalue weighted by molar-refractivity contribution is 7.91. The maximum atomic E-state index is 13.2. The van der Waals surface area contributed by atoms with Crippen molar-refractivity contribution < 1.29 is 27.1 Å². The van der Waals surface area contributed by atoms with E-state index in [1.165, 1.54) is 18.4 Å². The van der Waals surface area contributed by atoms with Gasteiger partial charge >= 0.3 is 0 Å². The standard InChI is InChI=1S/C18H21NO6S/c1-12(2)18(20)19-11-17(15-4-3-7-23-15)26(21,22)13-5-6-14-16(10-13)25-9-8-24-14/h3-7,10,12,17H,8-9,11H2,1-2H3,(H,19,20)/t17-/m1/s1. The molecule has 0 fully saturated rings. The van der Waals surface area contributed by atoms with E-state index in [1.807, 2.05) is 0 Å². The fourth-order valence-electron chi connectivity index (χ4n) is 2.60. The van der Waals surface area contributed by atoms with Crippen molar-refractivity contribution in [3.8, 4) is 11.5 Å². The lowest BCUT2D eigenvalue weighted by Crippen LogP contribution is -2.34. The molecule has 1 atom stereocenters. The predicted octanol–water partition coefficient (Wildman–Crippen LogP) is 2.34.